The third-order valence-electron chi connectivity index (χ3n) is 3.40. The third kappa shape index (κ3) is 2.54. The smallest absolute Gasteiger partial charge is 0.212 e. The van der Waals surface area contributed by atoms with Crippen molar-refractivity contribution in [2.45, 2.75) is 0 Å². The fraction of sp³-hybridized carbons (Fsp3) is 0.0556. The Morgan fingerprint density at radius 1 is 0.850 bits per heavy atom. The molecule has 3 rings (SSSR count). The molecular weight excluding hydrogens is 244 g/mol. The van der Waals surface area contributed by atoms with Crippen molar-refractivity contribution < 1.29 is 4.57 Å². The molecule has 2 aromatic carbocycles. The standard InChI is InChI=1S/C18H16N2/c1-20-17(12-11-15-7-5-6-10-18(15)20)13-14-19-16-8-3-2-4-9-16/h2-14H,1H3/p+1. The van der Waals surface area contributed by atoms with Crippen molar-refractivity contribution in [3.8, 4) is 0 Å². The van der Waals surface area contributed by atoms with E-state index in [0.29, 0.717) is 0 Å². The van der Waals surface area contributed by atoms with Gasteiger partial charge in [0.05, 0.1) is 0 Å². The van der Waals surface area contributed by atoms with Crippen molar-refractivity contribution in [3.63, 3.8) is 0 Å². The van der Waals surface area contributed by atoms with Crippen LogP contribution in [-0.2, 0) is 7.05 Å². The van der Waals surface area contributed by atoms with E-state index in [9.17, 15) is 0 Å². The quantitative estimate of drug-likeness (QED) is 0.710. The van der Waals surface area contributed by atoms with Crippen LogP contribution in [0.2, 0.25) is 0 Å². The average molecular weight is 261 g/mol. The number of benzene rings is 2. The van der Waals surface area contributed by atoms with Crippen LogP contribution in [0.1, 0.15) is 5.69 Å². The van der Waals surface area contributed by atoms with Crippen LogP contribution < -0.4 is 9.88 Å². The highest BCUT2D eigenvalue weighted by Crippen LogP contribution is 2.11. The molecule has 0 radical (unpaired) electrons. The molecule has 2 heteroatoms. The van der Waals surface area contributed by atoms with Crippen molar-refractivity contribution in [3.05, 3.63) is 78.6 Å². The average Bonchev–Trinajstić information content (AvgIpc) is 2.51. The number of nitrogens with zero attached hydrogens (tertiary/aromatic N) is 1. The summed E-state index contributed by atoms with van der Waals surface area (Å²) in [5.74, 6) is 0. The molecule has 2 nitrogen and oxygen atoms in total. The monoisotopic (exact) mass is 261 g/mol. The molecule has 1 N–H and O–H groups in total. The Morgan fingerprint density at radius 2 is 1.60 bits per heavy atom. The molecule has 0 saturated carbocycles. The largest absolute Gasteiger partial charge is 0.361 e. The number of anilines is 1. The fourth-order valence-electron chi connectivity index (χ4n) is 2.28. The summed E-state index contributed by atoms with van der Waals surface area (Å²) < 4.78 is 2.19. The highest BCUT2D eigenvalue weighted by atomic mass is 14.9. The molecule has 0 bridgehead atoms. The summed E-state index contributed by atoms with van der Waals surface area (Å²) in [6.45, 7) is 0. The maximum absolute atomic E-state index is 3.27. The second-order valence-corrected chi connectivity index (χ2v) is 4.72. The Kier molecular flexibility index (Phi) is 3.46. The molecule has 0 aliphatic rings. The minimum Gasteiger partial charge on any atom is -0.361 e. The van der Waals surface area contributed by atoms with E-state index in [-0.39, 0.29) is 0 Å². The predicted octanol–water partition coefficient (Wildman–Crippen LogP) is 3.75. The molecule has 0 aliphatic carbocycles. The summed E-state index contributed by atoms with van der Waals surface area (Å²) in [7, 11) is 2.09. The van der Waals surface area contributed by atoms with Crippen LogP contribution in [0.15, 0.2) is 72.9 Å². The van der Waals surface area contributed by atoms with Crippen molar-refractivity contribution in [1.82, 2.24) is 0 Å². The van der Waals surface area contributed by atoms with E-state index in [0.717, 1.165) is 11.4 Å². The second-order valence-electron chi connectivity index (χ2n) is 4.72. The van der Waals surface area contributed by atoms with E-state index in [4.69, 9.17) is 0 Å². The van der Waals surface area contributed by atoms with E-state index in [1.54, 1.807) is 0 Å². The van der Waals surface area contributed by atoms with E-state index in [1.807, 2.05) is 36.5 Å². The van der Waals surface area contributed by atoms with Gasteiger partial charge < -0.3 is 5.32 Å². The van der Waals surface area contributed by atoms with Crippen LogP contribution in [-0.4, -0.2) is 0 Å². The molecule has 0 fully saturated rings. The molecule has 1 heterocycles. The number of para-hydroxylation sites is 2. The van der Waals surface area contributed by atoms with Crippen molar-refractivity contribution >= 4 is 22.7 Å². The van der Waals surface area contributed by atoms with E-state index in [1.165, 1.54) is 10.9 Å². The Bertz CT molecular complexity index is 746. The maximum Gasteiger partial charge on any atom is 0.212 e. The van der Waals surface area contributed by atoms with E-state index >= 15 is 0 Å². The number of hydrogen-bond acceptors (Lipinski definition) is 1. The SMILES string of the molecule is C[n+]1c(/C=C/Nc2ccccc2)ccc2ccccc21. The summed E-state index contributed by atoms with van der Waals surface area (Å²) in [6, 6.07) is 22.8. The van der Waals surface area contributed by atoms with Crippen LogP contribution >= 0.6 is 0 Å². The van der Waals surface area contributed by atoms with Crippen LogP contribution in [0.3, 0.4) is 0 Å². The third-order valence-corrected chi connectivity index (χ3v) is 3.40. The van der Waals surface area contributed by atoms with Crippen molar-refractivity contribution in [2.75, 3.05) is 5.32 Å². The first-order valence-electron chi connectivity index (χ1n) is 6.70. The van der Waals surface area contributed by atoms with Crippen molar-refractivity contribution in [1.29, 1.82) is 0 Å². The van der Waals surface area contributed by atoms with Gasteiger partial charge in [-0.05, 0) is 24.3 Å². The molecule has 0 saturated heterocycles. The zero-order valence-corrected chi connectivity index (χ0v) is 11.5. The van der Waals surface area contributed by atoms with Crippen LogP contribution in [0.5, 0.6) is 0 Å². The predicted molar refractivity (Wildman–Crippen MR) is 84.2 cm³/mol. The number of aromatic nitrogens is 1. The molecule has 98 valence electrons. The lowest BCUT2D eigenvalue weighted by Crippen LogP contribution is -2.32. The Hall–Kier alpha value is -2.61. The van der Waals surface area contributed by atoms with Gasteiger partial charge in [0.1, 0.15) is 7.05 Å². The molecule has 0 aliphatic heterocycles. The fourth-order valence-corrected chi connectivity index (χ4v) is 2.28. The van der Waals surface area contributed by atoms with E-state index < -0.39 is 0 Å². The first-order chi connectivity index (χ1) is 9.84. The number of nitrogens with one attached hydrogen (secondary N) is 1. The van der Waals surface area contributed by atoms with Gasteiger partial charge in [-0.1, -0.05) is 30.3 Å². The first-order valence-corrected chi connectivity index (χ1v) is 6.70. The van der Waals surface area contributed by atoms with Gasteiger partial charge in [-0.2, -0.15) is 4.57 Å². The molecule has 0 unspecified atom stereocenters. The van der Waals surface area contributed by atoms with Crippen LogP contribution in [0.4, 0.5) is 5.69 Å². The first kappa shape index (κ1) is 12.4. The minimum absolute atomic E-state index is 1.09. The van der Waals surface area contributed by atoms with E-state index in [2.05, 4.69) is 59.4 Å². The molecule has 20 heavy (non-hydrogen) atoms. The second kappa shape index (κ2) is 5.57. The Morgan fingerprint density at radius 3 is 2.45 bits per heavy atom. The lowest BCUT2D eigenvalue weighted by Gasteiger charge is -2.01. The van der Waals surface area contributed by atoms with Crippen molar-refractivity contribution in [2.24, 2.45) is 7.05 Å². The number of pyridine rings is 1. The molecular formula is C18H17N2+. The number of hydrogen-bond donors (Lipinski definition) is 1. The minimum atomic E-state index is 1.09. The van der Waals surface area contributed by atoms with Gasteiger partial charge in [0, 0.05) is 35.5 Å². The number of fused-ring (bicyclic) bond motifs is 1. The lowest BCUT2D eigenvalue weighted by atomic mass is 10.2. The summed E-state index contributed by atoms with van der Waals surface area (Å²) in [4.78, 5) is 0. The van der Waals surface area contributed by atoms with Gasteiger partial charge in [-0.25, -0.2) is 0 Å². The number of aryl methyl sites for hydroxylation is 1. The molecule has 3 aromatic rings. The van der Waals surface area contributed by atoms with Gasteiger partial charge in [0.15, 0.2) is 0 Å². The summed E-state index contributed by atoms with van der Waals surface area (Å²) in [5.41, 5.74) is 3.48. The highest BCUT2D eigenvalue weighted by molar-refractivity contribution is 5.76. The van der Waals surface area contributed by atoms with Gasteiger partial charge in [-0.15, -0.1) is 0 Å². The molecule has 1 aromatic heterocycles. The number of rotatable bonds is 3. The molecule has 0 spiro atoms. The van der Waals surface area contributed by atoms with Gasteiger partial charge in [0.25, 0.3) is 0 Å². The topological polar surface area (TPSA) is 15.9 Å². The highest BCUT2D eigenvalue weighted by Gasteiger charge is 2.07. The van der Waals surface area contributed by atoms with Crippen LogP contribution in [0, 0.1) is 0 Å². The maximum atomic E-state index is 3.27. The zero-order valence-electron chi connectivity index (χ0n) is 11.5. The zero-order chi connectivity index (χ0) is 13.8. The Balaban J connectivity index is 1.86. The summed E-state index contributed by atoms with van der Waals surface area (Å²) in [5, 5.41) is 4.53. The van der Waals surface area contributed by atoms with Gasteiger partial charge >= 0.3 is 0 Å². The normalized spacial score (nSPS) is 11.1. The molecule has 0 atom stereocenters. The molecule has 0 amide bonds. The summed E-state index contributed by atoms with van der Waals surface area (Å²) >= 11 is 0. The Labute approximate surface area is 119 Å². The lowest BCUT2D eigenvalue weighted by molar-refractivity contribution is -0.646. The van der Waals surface area contributed by atoms with Gasteiger partial charge in [-0.3, -0.25) is 0 Å². The van der Waals surface area contributed by atoms with Gasteiger partial charge in [0.2, 0.25) is 11.2 Å². The van der Waals surface area contributed by atoms with Crippen LogP contribution in [0.25, 0.3) is 17.0 Å². The summed E-state index contributed by atoms with van der Waals surface area (Å²) in [6.07, 6.45) is 4.05.